The molecule has 2 nitrogen and oxygen atoms in total. The number of hydrogen-bond donors (Lipinski definition) is 0. The van der Waals surface area contributed by atoms with Gasteiger partial charge in [-0.3, -0.25) is 0 Å². The van der Waals surface area contributed by atoms with Crippen molar-refractivity contribution in [2.45, 2.75) is 39.4 Å². The molecule has 0 aliphatic carbocycles. The summed E-state index contributed by atoms with van der Waals surface area (Å²) in [6, 6.07) is 4.42. The lowest BCUT2D eigenvalue weighted by atomic mass is 10.0. The molecule has 2 heteroatoms. The Kier molecular flexibility index (Phi) is 3.27. The summed E-state index contributed by atoms with van der Waals surface area (Å²) in [6.07, 6.45) is 3.61. The van der Waals surface area contributed by atoms with Crippen molar-refractivity contribution in [1.82, 2.24) is 0 Å². The van der Waals surface area contributed by atoms with Crippen molar-refractivity contribution in [2.24, 2.45) is 0 Å². The SMILES string of the molecule is CCCCc1cc2c(c(OC)c1)COC2. The molecule has 0 spiro atoms. The van der Waals surface area contributed by atoms with Gasteiger partial charge in [-0.25, -0.2) is 0 Å². The van der Waals surface area contributed by atoms with E-state index >= 15 is 0 Å². The zero-order valence-electron chi connectivity index (χ0n) is 9.51. The van der Waals surface area contributed by atoms with Gasteiger partial charge in [-0.2, -0.15) is 0 Å². The first-order chi connectivity index (χ1) is 7.35. The maximum Gasteiger partial charge on any atom is 0.125 e. The molecular formula is C13H18O2. The third-order valence-corrected chi connectivity index (χ3v) is 2.90. The van der Waals surface area contributed by atoms with Gasteiger partial charge in [-0.1, -0.05) is 19.4 Å². The highest BCUT2D eigenvalue weighted by Gasteiger charge is 2.17. The van der Waals surface area contributed by atoms with Gasteiger partial charge in [-0.05, 0) is 30.0 Å². The maximum absolute atomic E-state index is 5.44. The van der Waals surface area contributed by atoms with Crippen LogP contribution in [-0.4, -0.2) is 7.11 Å². The molecule has 0 unspecified atom stereocenters. The second kappa shape index (κ2) is 4.67. The first kappa shape index (κ1) is 10.5. The van der Waals surface area contributed by atoms with E-state index in [2.05, 4.69) is 19.1 Å². The van der Waals surface area contributed by atoms with Crippen LogP contribution < -0.4 is 4.74 Å². The van der Waals surface area contributed by atoms with Gasteiger partial charge < -0.3 is 9.47 Å². The fourth-order valence-corrected chi connectivity index (χ4v) is 2.03. The zero-order chi connectivity index (χ0) is 10.7. The molecule has 1 heterocycles. The number of methoxy groups -OCH3 is 1. The number of ether oxygens (including phenoxy) is 2. The fraction of sp³-hybridized carbons (Fsp3) is 0.538. The number of aryl methyl sites for hydroxylation is 1. The van der Waals surface area contributed by atoms with E-state index in [4.69, 9.17) is 9.47 Å². The molecule has 0 saturated carbocycles. The molecular weight excluding hydrogens is 188 g/mol. The normalized spacial score (nSPS) is 14.0. The van der Waals surface area contributed by atoms with E-state index in [-0.39, 0.29) is 0 Å². The summed E-state index contributed by atoms with van der Waals surface area (Å²) in [5.74, 6) is 0.996. The minimum absolute atomic E-state index is 0.701. The van der Waals surface area contributed by atoms with Crippen LogP contribution in [-0.2, 0) is 24.4 Å². The van der Waals surface area contributed by atoms with E-state index in [9.17, 15) is 0 Å². The van der Waals surface area contributed by atoms with Gasteiger partial charge >= 0.3 is 0 Å². The summed E-state index contributed by atoms with van der Waals surface area (Å²) >= 11 is 0. The van der Waals surface area contributed by atoms with Gasteiger partial charge in [-0.15, -0.1) is 0 Å². The third-order valence-electron chi connectivity index (χ3n) is 2.90. The highest BCUT2D eigenvalue weighted by molar-refractivity contribution is 5.44. The van der Waals surface area contributed by atoms with Crippen LogP contribution in [0.5, 0.6) is 5.75 Å². The summed E-state index contributed by atoms with van der Waals surface area (Å²) in [5, 5.41) is 0. The third kappa shape index (κ3) is 2.15. The Bertz CT molecular complexity index is 345. The molecule has 0 atom stereocenters. The van der Waals surface area contributed by atoms with Crippen LogP contribution in [0.2, 0.25) is 0 Å². The van der Waals surface area contributed by atoms with Crippen molar-refractivity contribution in [3.8, 4) is 5.75 Å². The molecule has 0 aromatic heterocycles. The lowest BCUT2D eigenvalue weighted by molar-refractivity contribution is 0.133. The molecule has 1 aliphatic rings. The van der Waals surface area contributed by atoms with Crippen molar-refractivity contribution >= 4 is 0 Å². The fourth-order valence-electron chi connectivity index (χ4n) is 2.03. The zero-order valence-corrected chi connectivity index (χ0v) is 9.51. The van der Waals surface area contributed by atoms with Gasteiger partial charge in [0.05, 0.1) is 20.3 Å². The van der Waals surface area contributed by atoms with Crippen LogP contribution in [0.25, 0.3) is 0 Å². The van der Waals surface area contributed by atoms with E-state index in [1.807, 2.05) is 0 Å². The van der Waals surface area contributed by atoms with Gasteiger partial charge in [0.15, 0.2) is 0 Å². The average Bonchev–Trinajstić information content (AvgIpc) is 2.73. The summed E-state index contributed by atoms with van der Waals surface area (Å²) in [6.45, 7) is 3.66. The Balaban J connectivity index is 2.26. The minimum Gasteiger partial charge on any atom is -0.496 e. The summed E-state index contributed by atoms with van der Waals surface area (Å²) in [7, 11) is 1.73. The van der Waals surface area contributed by atoms with Crippen molar-refractivity contribution in [3.63, 3.8) is 0 Å². The highest BCUT2D eigenvalue weighted by Crippen LogP contribution is 2.31. The van der Waals surface area contributed by atoms with E-state index in [0.717, 1.165) is 18.8 Å². The predicted molar refractivity (Wildman–Crippen MR) is 60.1 cm³/mol. The molecule has 1 aliphatic heterocycles. The predicted octanol–water partition coefficient (Wildman–Crippen LogP) is 3.07. The Morgan fingerprint density at radius 2 is 2.20 bits per heavy atom. The van der Waals surface area contributed by atoms with E-state index in [1.54, 1.807) is 7.11 Å². The molecule has 0 bridgehead atoms. The Morgan fingerprint density at radius 3 is 2.93 bits per heavy atom. The van der Waals surface area contributed by atoms with Crippen molar-refractivity contribution in [1.29, 1.82) is 0 Å². The molecule has 0 amide bonds. The van der Waals surface area contributed by atoms with E-state index in [0.29, 0.717) is 6.61 Å². The van der Waals surface area contributed by atoms with Crippen LogP contribution in [0.4, 0.5) is 0 Å². The summed E-state index contributed by atoms with van der Waals surface area (Å²) in [5.41, 5.74) is 3.91. The Labute approximate surface area is 91.2 Å². The highest BCUT2D eigenvalue weighted by atomic mass is 16.5. The Hall–Kier alpha value is -1.02. The number of hydrogen-bond acceptors (Lipinski definition) is 2. The topological polar surface area (TPSA) is 18.5 Å². The smallest absolute Gasteiger partial charge is 0.125 e. The minimum atomic E-state index is 0.701. The van der Waals surface area contributed by atoms with Crippen molar-refractivity contribution in [3.05, 3.63) is 28.8 Å². The summed E-state index contributed by atoms with van der Waals surface area (Å²) < 4.78 is 10.8. The lowest BCUT2D eigenvalue weighted by Crippen LogP contribution is -1.95. The molecule has 0 radical (unpaired) electrons. The molecule has 2 rings (SSSR count). The van der Waals surface area contributed by atoms with Gasteiger partial charge in [0.25, 0.3) is 0 Å². The van der Waals surface area contributed by atoms with Crippen LogP contribution >= 0.6 is 0 Å². The maximum atomic E-state index is 5.44. The van der Waals surface area contributed by atoms with Crippen LogP contribution in [0.3, 0.4) is 0 Å². The van der Waals surface area contributed by atoms with Gasteiger partial charge in [0.1, 0.15) is 5.75 Å². The van der Waals surface area contributed by atoms with Gasteiger partial charge in [0.2, 0.25) is 0 Å². The first-order valence-corrected chi connectivity index (χ1v) is 5.61. The molecule has 0 N–H and O–H groups in total. The molecule has 0 fully saturated rings. The lowest BCUT2D eigenvalue weighted by Gasteiger charge is -2.09. The van der Waals surface area contributed by atoms with Crippen molar-refractivity contribution < 1.29 is 9.47 Å². The van der Waals surface area contributed by atoms with Crippen LogP contribution in [0, 0.1) is 0 Å². The molecule has 0 saturated heterocycles. The Morgan fingerprint density at radius 1 is 1.33 bits per heavy atom. The number of rotatable bonds is 4. The monoisotopic (exact) mass is 206 g/mol. The first-order valence-electron chi connectivity index (χ1n) is 5.61. The van der Waals surface area contributed by atoms with Crippen LogP contribution in [0.15, 0.2) is 12.1 Å². The second-order valence-electron chi connectivity index (χ2n) is 4.03. The molecule has 82 valence electrons. The molecule has 1 aromatic rings. The number of fused-ring (bicyclic) bond motifs is 1. The number of benzene rings is 1. The second-order valence-corrected chi connectivity index (χ2v) is 4.03. The van der Waals surface area contributed by atoms with E-state index < -0.39 is 0 Å². The standard InChI is InChI=1S/C13H18O2/c1-3-4-5-10-6-11-8-15-9-12(11)13(7-10)14-2/h6-7H,3-5,8-9H2,1-2H3. The average molecular weight is 206 g/mol. The van der Waals surface area contributed by atoms with E-state index in [1.165, 1.54) is 29.5 Å². The quantitative estimate of drug-likeness (QED) is 0.753. The number of unbranched alkanes of at least 4 members (excludes halogenated alkanes) is 1. The molecule has 15 heavy (non-hydrogen) atoms. The largest absolute Gasteiger partial charge is 0.496 e. The van der Waals surface area contributed by atoms with Crippen LogP contribution in [0.1, 0.15) is 36.5 Å². The van der Waals surface area contributed by atoms with Gasteiger partial charge in [0, 0.05) is 5.56 Å². The van der Waals surface area contributed by atoms with Crippen molar-refractivity contribution in [2.75, 3.05) is 7.11 Å². The molecule has 1 aromatic carbocycles. The summed E-state index contributed by atoms with van der Waals surface area (Å²) in [4.78, 5) is 0.